The van der Waals surface area contributed by atoms with Crippen molar-refractivity contribution in [1.29, 1.82) is 0 Å². The summed E-state index contributed by atoms with van der Waals surface area (Å²) in [5, 5.41) is 12.8. The van der Waals surface area contributed by atoms with Crippen molar-refractivity contribution in [2.75, 3.05) is 0 Å². The fourth-order valence-corrected chi connectivity index (χ4v) is 1.58. The molecular formula is C11H8ClNO3. The van der Waals surface area contributed by atoms with Crippen molar-refractivity contribution in [3.05, 3.63) is 45.3 Å². The van der Waals surface area contributed by atoms with E-state index >= 15 is 0 Å². The highest BCUT2D eigenvalue weighted by Crippen LogP contribution is 2.18. The van der Waals surface area contributed by atoms with E-state index in [1.165, 1.54) is 6.92 Å². The van der Waals surface area contributed by atoms with Crippen LogP contribution in [0.2, 0.25) is 5.02 Å². The van der Waals surface area contributed by atoms with E-state index in [1.54, 1.807) is 24.3 Å². The maximum absolute atomic E-state index is 11.5. The van der Waals surface area contributed by atoms with Crippen LogP contribution in [0, 0.1) is 0 Å². The van der Waals surface area contributed by atoms with Crippen LogP contribution in [0.25, 0.3) is 11.0 Å². The first-order valence-corrected chi connectivity index (χ1v) is 4.92. The largest absolute Gasteiger partial charge is 0.422 e. The summed E-state index contributed by atoms with van der Waals surface area (Å²) < 4.78 is 5.06. The summed E-state index contributed by atoms with van der Waals surface area (Å²) in [7, 11) is 0. The number of rotatable bonds is 1. The first kappa shape index (κ1) is 10.7. The highest BCUT2D eigenvalue weighted by molar-refractivity contribution is 6.31. The van der Waals surface area contributed by atoms with Crippen LogP contribution in [-0.4, -0.2) is 10.9 Å². The van der Waals surface area contributed by atoms with Gasteiger partial charge >= 0.3 is 5.63 Å². The lowest BCUT2D eigenvalue weighted by molar-refractivity contribution is 0.319. The first-order valence-electron chi connectivity index (χ1n) is 4.54. The van der Waals surface area contributed by atoms with Gasteiger partial charge in [-0.2, -0.15) is 0 Å². The molecule has 5 heteroatoms. The molecule has 0 atom stereocenters. The Morgan fingerprint density at radius 2 is 2.19 bits per heavy atom. The molecule has 2 aromatic rings. The minimum atomic E-state index is -0.537. The van der Waals surface area contributed by atoms with Crippen LogP contribution in [-0.2, 0) is 0 Å². The molecule has 16 heavy (non-hydrogen) atoms. The SMILES string of the molecule is CC(=NO)c1cc2cc(Cl)ccc2oc1=O. The normalized spacial score (nSPS) is 12.0. The molecule has 0 amide bonds. The Kier molecular flexibility index (Phi) is 2.66. The third-order valence-electron chi connectivity index (χ3n) is 2.23. The van der Waals surface area contributed by atoms with E-state index in [-0.39, 0.29) is 11.3 Å². The third kappa shape index (κ3) is 1.79. The molecule has 1 aromatic carbocycles. The molecule has 1 heterocycles. The van der Waals surface area contributed by atoms with Crippen LogP contribution in [0.4, 0.5) is 0 Å². The van der Waals surface area contributed by atoms with Gasteiger partial charge in [0.25, 0.3) is 0 Å². The average Bonchev–Trinajstić information content (AvgIpc) is 2.28. The molecule has 82 valence electrons. The van der Waals surface area contributed by atoms with Gasteiger partial charge in [-0.15, -0.1) is 0 Å². The lowest BCUT2D eigenvalue weighted by Crippen LogP contribution is -2.11. The second-order valence-corrected chi connectivity index (χ2v) is 3.75. The molecule has 0 aliphatic rings. The van der Waals surface area contributed by atoms with Crippen LogP contribution in [0.1, 0.15) is 12.5 Å². The number of benzene rings is 1. The quantitative estimate of drug-likeness (QED) is 0.359. The summed E-state index contributed by atoms with van der Waals surface area (Å²) in [6.07, 6.45) is 0. The number of halogens is 1. The molecule has 2 rings (SSSR count). The first-order chi connectivity index (χ1) is 7.61. The highest BCUT2D eigenvalue weighted by Gasteiger charge is 2.08. The molecule has 0 saturated heterocycles. The predicted octanol–water partition coefficient (Wildman–Crippen LogP) is 2.64. The molecular weight excluding hydrogens is 230 g/mol. The van der Waals surface area contributed by atoms with Crippen molar-refractivity contribution in [2.45, 2.75) is 6.92 Å². The molecule has 4 nitrogen and oxygen atoms in total. The van der Waals surface area contributed by atoms with Gasteiger partial charge in [-0.1, -0.05) is 16.8 Å². The molecule has 1 aromatic heterocycles. The average molecular weight is 238 g/mol. The van der Waals surface area contributed by atoms with Crippen molar-refractivity contribution < 1.29 is 9.62 Å². The number of hydrogen-bond acceptors (Lipinski definition) is 4. The smallest absolute Gasteiger partial charge is 0.345 e. The van der Waals surface area contributed by atoms with Crippen LogP contribution in [0.15, 0.2) is 38.6 Å². The fraction of sp³-hybridized carbons (Fsp3) is 0.0909. The van der Waals surface area contributed by atoms with E-state index < -0.39 is 5.63 Å². The summed E-state index contributed by atoms with van der Waals surface area (Å²) in [6, 6.07) is 6.52. The molecule has 0 spiro atoms. The molecule has 0 saturated carbocycles. The minimum absolute atomic E-state index is 0.204. The Bertz CT molecular complexity index is 631. The van der Waals surface area contributed by atoms with E-state index in [9.17, 15) is 4.79 Å². The van der Waals surface area contributed by atoms with E-state index in [2.05, 4.69) is 5.16 Å². The number of hydrogen-bond donors (Lipinski definition) is 1. The minimum Gasteiger partial charge on any atom is -0.422 e. The zero-order valence-electron chi connectivity index (χ0n) is 8.40. The van der Waals surface area contributed by atoms with Gasteiger partial charge in [-0.3, -0.25) is 0 Å². The van der Waals surface area contributed by atoms with Crippen LogP contribution >= 0.6 is 11.6 Å². The molecule has 0 aliphatic carbocycles. The monoisotopic (exact) mass is 237 g/mol. The maximum atomic E-state index is 11.5. The number of fused-ring (bicyclic) bond motifs is 1. The molecule has 0 fully saturated rings. The lowest BCUT2D eigenvalue weighted by Gasteiger charge is -2.00. The van der Waals surface area contributed by atoms with Gasteiger partial charge in [-0.05, 0) is 31.2 Å². The van der Waals surface area contributed by atoms with Gasteiger partial charge in [-0.25, -0.2) is 4.79 Å². The van der Waals surface area contributed by atoms with Gasteiger partial charge in [0.1, 0.15) is 5.58 Å². The molecule has 0 aliphatic heterocycles. The lowest BCUT2D eigenvalue weighted by atomic mass is 10.1. The molecule has 1 N–H and O–H groups in total. The topological polar surface area (TPSA) is 62.8 Å². The Labute approximate surface area is 95.8 Å². The highest BCUT2D eigenvalue weighted by atomic mass is 35.5. The predicted molar refractivity (Wildman–Crippen MR) is 61.5 cm³/mol. The van der Waals surface area contributed by atoms with E-state index in [0.29, 0.717) is 16.0 Å². The van der Waals surface area contributed by atoms with Gasteiger partial charge in [0.05, 0.1) is 11.3 Å². The Morgan fingerprint density at radius 3 is 2.88 bits per heavy atom. The number of oxime groups is 1. The van der Waals surface area contributed by atoms with E-state index in [0.717, 1.165) is 0 Å². The Hall–Kier alpha value is -1.81. The van der Waals surface area contributed by atoms with Crippen LogP contribution in [0.3, 0.4) is 0 Å². The Morgan fingerprint density at radius 1 is 1.44 bits per heavy atom. The van der Waals surface area contributed by atoms with E-state index in [1.807, 2.05) is 0 Å². The standard InChI is InChI=1S/C11H8ClNO3/c1-6(13-15)9-5-7-4-8(12)2-3-10(7)16-11(9)14/h2-5,15H,1H3. The summed E-state index contributed by atoms with van der Waals surface area (Å²) in [5.74, 6) is 0. The molecule has 0 radical (unpaired) electrons. The van der Waals surface area contributed by atoms with Crippen molar-refractivity contribution in [3.63, 3.8) is 0 Å². The summed E-state index contributed by atoms with van der Waals surface area (Å²) in [6.45, 7) is 1.52. The van der Waals surface area contributed by atoms with Gasteiger partial charge < -0.3 is 9.62 Å². The van der Waals surface area contributed by atoms with Crippen molar-refractivity contribution in [3.8, 4) is 0 Å². The second-order valence-electron chi connectivity index (χ2n) is 3.32. The fourth-order valence-electron chi connectivity index (χ4n) is 1.40. The zero-order valence-corrected chi connectivity index (χ0v) is 9.15. The Balaban J connectivity index is 2.79. The van der Waals surface area contributed by atoms with Crippen molar-refractivity contribution in [1.82, 2.24) is 0 Å². The van der Waals surface area contributed by atoms with Gasteiger partial charge in [0, 0.05) is 10.4 Å². The second kappa shape index (κ2) is 3.98. The summed E-state index contributed by atoms with van der Waals surface area (Å²) in [5.41, 5.74) is 0.335. The van der Waals surface area contributed by atoms with Gasteiger partial charge in [0.15, 0.2) is 0 Å². The summed E-state index contributed by atoms with van der Waals surface area (Å²) in [4.78, 5) is 11.5. The summed E-state index contributed by atoms with van der Waals surface area (Å²) >= 11 is 5.82. The van der Waals surface area contributed by atoms with Crippen LogP contribution < -0.4 is 5.63 Å². The molecule has 0 unspecified atom stereocenters. The molecule has 0 bridgehead atoms. The number of nitrogens with zero attached hydrogens (tertiary/aromatic N) is 1. The third-order valence-corrected chi connectivity index (χ3v) is 2.47. The van der Waals surface area contributed by atoms with Crippen LogP contribution in [0.5, 0.6) is 0 Å². The van der Waals surface area contributed by atoms with Crippen molar-refractivity contribution in [2.24, 2.45) is 5.16 Å². The zero-order chi connectivity index (χ0) is 11.7. The maximum Gasteiger partial charge on any atom is 0.345 e. The van der Waals surface area contributed by atoms with E-state index in [4.69, 9.17) is 21.2 Å². The van der Waals surface area contributed by atoms with Crippen molar-refractivity contribution >= 4 is 28.3 Å². The van der Waals surface area contributed by atoms with Gasteiger partial charge in [0.2, 0.25) is 0 Å².